The lowest BCUT2D eigenvalue weighted by Gasteiger charge is -2.10. The van der Waals surface area contributed by atoms with Gasteiger partial charge < -0.3 is 10.1 Å². The van der Waals surface area contributed by atoms with Crippen LogP contribution in [0.5, 0.6) is 11.9 Å². The van der Waals surface area contributed by atoms with E-state index in [9.17, 15) is 0 Å². The SMILES string of the molecule is CC(C)CNCc1cccnc1Oc1ncn(C)n1. The molecule has 0 aliphatic rings. The molecule has 0 aromatic carbocycles. The van der Waals surface area contributed by atoms with E-state index in [0.29, 0.717) is 24.4 Å². The van der Waals surface area contributed by atoms with Crippen molar-refractivity contribution in [1.29, 1.82) is 0 Å². The number of nitrogens with one attached hydrogen (secondary N) is 1. The fourth-order valence-corrected chi connectivity index (χ4v) is 1.60. The lowest BCUT2D eigenvalue weighted by Crippen LogP contribution is -2.19. The molecule has 6 nitrogen and oxygen atoms in total. The molecule has 0 atom stereocenters. The van der Waals surface area contributed by atoms with Crippen LogP contribution in [-0.2, 0) is 13.6 Å². The Kier molecular flexibility index (Phi) is 4.46. The van der Waals surface area contributed by atoms with Gasteiger partial charge in [-0.1, -0.05) is 19.9 Å². The van der Waals surface area contributed by atoms with Gasteiger partial charge in [0.05, 0.1) is 0 Å². The zero-order valence-corrected chi connectivity index (χ0v) is 11.5. The smallest absolute Gasteiger partial charge is 0.342 e. The maximum atomic E-state index is 5.59. The normalized spacial score (nSPS) is 10.9. The highest BCUT2D eigenvalue weighted by Crippen LogP contribution is 2.19. The molecule has 2 aromatic heterocycles. The van der Waals surface area contributed by atoms with Crippen molar-refractivity contribution in [2.24, 2.45) is 13.0 Å². The first-order valence-corrected chi connectivity index (χ1v) is 6.33. The van der Waals surface area contributed by atoms with Gasteiger partial charge in [-0.15, -0.1) is 5.10 Å². The van der Waals surface area contributed by atoms with E-state index in [-0.39, 0.29) is 0 Å². The molecule has 1 N–H and O–H groups in total. The molecule has 2 aromatic rings. The number of aromatic nitrogens is 4. The van der Waals surface area contributed by atoms with Crippen molar-refractivity contribution in [1.82, 2.24) is 25.1 Å². The molecule has 102 valence electrons. The van der Waals surface area contributed by atoms with E-state index in [0.717, 1.165) is 12.1 Å². The first-order valence-electron chi connectivity index (χ1n) is 6.33. The molecular weight excluding hydrogens is 242 g/mol. The monoisotopic (exact) mass is 261 g/mol. The highest BCUT2D eigenvalue weighted by atomic mass is 16.5. The molecule has 19 heavy (non-hydrogen) atoms. The van der Waals surface area contributed by atoms with E-state index >= 15 is 0 Å². The summed E-state index contributed by atoms with van der Waals surface area (Å²) in [5.41, 5.74) is 0.996. The van der Waals surface area contributed by atoms with Crippen LogP contribution < -0.4 is 10.1 Å². The van der Waals surface area contributed by atoms with Crippen molar-refractivity contribution in [2.45, 2.75) is 20.4 Å². The molecule has 0 saturated carbocycles. The number of hydrogen-bond donors (Lipinski definition) is 1. The van der Waals surface area contributed by atoms with Crippen LogP contribution in [0.1, 0.15) is 19.4 Å². The number of pyridine rings is 1. The number of aryl methyl sites for hydroxylation is 1. The van der Waals surface area contributed by atoms with Crippen molar-refractivity contribution in [3.63, 3.8) is 0 Å². The fourth-order valence-electron chi connectivity index (χ4n) is 1.60. The minimum Gasteiger partial charge on any atom is -0.404 e. The Labute approximate surface area is 112 Å². The number of nitrogens with zero attached hydrogens (tertiary/aromatic N) is 4. The summed E-state index contributed by atoms with van der Waals surface area (Å²) in [5.74, 6) is 1.16. The Balaban J connectivity index is 2.03. The van der Waals surface area contributed by atoms with Gasteiger partial charge in [-0.05, 0) is 18.5 Å². The predicted octanol–water partition coefficient (Wildman–Crippen LogP) is 1.75. The second-order valence-electron chi connectivity index (χ2n) is 4.80. The summed E-state index contributed by atoms with van der Waals surface area (Å²) >= 11 is 0. The van der Waals surface area contributed by atoms with Crippen LogP contribution in [0, 0.1) is 5.92 Å². The lowest BCUT2D eigenvalue weighted by molar-refractivity contribution is 0.413. The zero-order valence-electron chi connectivity index (χ0n) is 11.5. The van der Waals surface area contributed by atoms with E-state index in [1.54, 1.807) is 24.3 Å². The molecular formula is C13H19N5O. The molecule has 0 saturated heterocycles. The fraction of sp³-hybridized carbons (Fsp3) is 0.462. The number of rotatable bonds is 6. The molecule has 6 heteroatoms. The van der Waals surface area contributed by atoms with Gasteiger partial charge in [0.2, 0.25) is 5.88 Å². The van der Waals surface area contributed by atoms with Gasteiger partial charge in [0.15, 0.2) is 0 Å². The summed E-state index contributed by atoms with van der Waals surface area (Å²) in [6.45, 7) is 6.02. The van der Waals surface area contributed by atoms with E-state index in [1.807, 2.05) is 12.1 Å². The van der Waals surface area contributed by atoms with Gasteiger partial charge >= 0.3 is 6.01 Å². The third-order valence-corrected chi connectivity index (χ3v) is 2.48. The maximum absolute atomic E-state index is 5.59. The van der Waals surface area contributed by atoms with Crippen LogP contribution in [0.2, 0.25) is 0 Å². The number of ether oxygens (including phenoxy) is 1. The molecule has 0 bridgehead atoms. The molecule has 0 aliphatic heterocycles. The van der Waals surface area contributed by atoms with Crippen LogP contribution in [0.4, 0.5) is 0 Å². The van der Waals surface area contributed by atoms with Crippen LogP contribution in [0.3, 0.4) is 0 Å². The lowest BCUT2D eigenvalue weighted by atomic mass is 10.2. The summed E-state index contributed by atoms with van der Waals surface area (Å²) in [4.78, 5) is 8.26. The molecule has 2 heterocycles. The van der Waals surface area contributed by atoms with Gasteiger partial charge in [-0.3, -0.25) is 4.68 Å². The van der Waals surface area contributed by atoms with Crippen molar-refractivity contribution in [3.8, 4) is 11.9 Å². The molecule has 0 aliphatic carbocycles. The summed E-state index contributed by atoms with van der Waals surface area (Å²) in [6.07, 6.45) is 3.29. The highest BCUT2D eigenvalue weighted by Gasteiger charge is 2.08. The summed E-state index contributed by atoms with van der Waals surface area (Å²) < 4.78 is 7.19. The van der Waals surface area contributed by atoms with Gasteiger partial charge in [-0.25, -0.2) is 4.98 Å². The number of hydrogen-bond acceptors (Lipinski definition) is 5. The van der Waals surface area contributed by atoms with E-state index < -0.39 is 0 Å². The highest BCUT2D eigenvalue weighted by molar-refractivity contribution is 5.27. The zero-order chi connectivity index (χ0) is 13.7. The third kappa shape index (κ3) is 4.03. The van der Waals surface area contributed by atoms with Gasteiger partial charge in [-0.2, -0.15) is 4.98 Å². The molecule has 0 unspecified atom stereocenters. The summed E-state index contributed by atoms with van der Waals surface area (Å²) in [6, 6.07) is 4.19. The minimum atomic E-state index is 0.311. The van der Waals surface area contributed by atoms with Crippen molar-refractivity contribution < 1.29 is 4.74 Å². The topological polar surface area (TPSA) is 64.9 Å². The molecule has 2 rings (SSSR count). The van der Waals surface area contributed by atoms with E-state index in [2.05, 4.69) is 34.2 Å². The largest absolute Gasteiger partial charge is 0.404 e. The van der Waals surface area contributed by atoms with Gasteiger partial charge in [0.25, 0.3) is 0 Å². The Morgan fingerprint density at radius 2 is 2.21 bits per heavy atom. The molecule has 0 spiro atoms. The first kappa shape index (κ1) is 13.5. The third-order valence-electron chi connectivity index (χ3n) is 2.48. The van der Waals surface area contributed by atoms with Crippen LogP contribution in [-0.4, -0.2) is 26.3 Å². The Morgan fingerprint density at radius 3 is 2.89 bits per heavy atom. The van der Waals surface area contributed by atoms with E-state index in [1.165, 1.54) is 0 Å². The van der Waals surface area contributed by atoms with Gasteiger partial charge in [0, 0.05) is 25.4 Å². The molecule has 0 amide bonds. The minimum absolute atomic E-state index is 0.311. The molecule has 0 radical (unpaired) electrons. The Morgan fingerprint density at radius 1 is 1.37 bits per heavy atom. The Bertz CT molecular complexity index is 523. The van der Waals surface area contributed by atoms with Crippen LogP contribution >= 0.6 is 0 Å². The van der Waals surface area contributed by atoms with Crippen molar-refractivity contribution in [2.75, 3.05) is 6.54 Å². The second-order valence-corrected chi connectivity index (χ2v) is 4.80. The van der Waals surface area contributed by atoms with Crippen molar-refractivity contribution in [3.05, 3.63) is 30.2 Å². The predicted molar refractivity (Wildman–Crippen MR) is 71.9 cm³/mol. The summed E-state index contributed by atoms with van der Waals surface area (Å²) in [5, 5.41) is 7.44. The second kappa shape index (κ2) is 6.29. The van der Waals surface area contributed by atoms with Gasteiger partial charge in [0.1, 0.15) is 6.33 Å². The molecule has 0 fully saturated rings. The van der Waals surface area contributed by atoms with Crippen molar-refractivity contribution >= 4 is 0 Å². The average molecular weight is 261 g/mol. The quantitative estimate of drug-likeness (QED) is 0.858. The average Bonchev–Trinajstić information content (AvgIpc) is 2.77. The van der Waals surface area contributed by atoms with Crippen LogP contribution in [0.25, 0.3) is 0 Å². The summed E-state index contributed by atoms with van der Waals surface area (Å²) in [7, 11) is 1.80. The first-order chi connectivity index (χ1) is 9.15. The Hall–Kier alpha value is -1.95. The van der Waals surface area contributed by atoms with Crippen LogP contribution in [0.15, 0.2) is 24.7 Å². The standard InChI is InChI=1S/C13H19N5O/c1-10(2)7-14-8-11-5-4-6-15-12(11)19-13-16-9-18(3)17-13/h4-6,9-10,14H,7-8H2,1-3H3. The maximum Gasteiger partial charge on any atom is 0.342 e. The van der Waals surface area contributed by atoms with E-state index in [4.69, 9.17) is 4.74 Å².